The number of carboxylic acids is 1. The number of ether oxygens (including phenoxy) is 2. The average Bonchev–Trinajstić information content (AvgIpc) is 2.44. The second-order valence-corrected chi connectivity index (χ2v) is 5.59. The fourth-order valence-corrected chi connectivity index (χ4v) is 2.33. The van der Waals surface area contributed by atoms with Gasteiger partial charge in [0.15, 0.2) is 6.04 Å². The van der Waals surface area contributed by atoms with Gasteiger partial charge < -0.3 is 14.6 Å². The van der Waals surface area contributed by atoms with Gasteiger partial charge in [-0.3, -0.25) is 4.90 Å². The molecule has 1 aliphatic rings. The molecule has 0 radical (unpaired) electrons. The number of amides is 1. The monoisotopic (exact) mass is 293 g/mol. The van der Waals surface area contributed by atoms with E-state index in [-0.39, 0.29) is 19.8 Å². The van der Waals surface area contributed by atoms with Gasteiger partial charge in [-0.1, -0.05) is 30.3 Å². The van der Waals surface area contributed by atoms with Crippen LogP contribution in [0, 0.1) is 0 Å². The Morgan fingerprint density at radius 2 is 2.05 bits per heavy atom. The summed E-state index contributed by atoms with van der Waals surface area (Å²) in [6, 6.07) is 8.22. The van der Waals surface area contributed by atoms with Crippen LogP contribution in [0.5, 0.6) is 0 Å². The Hall–Kier alpha value is -2.08. The highest BCUT2D eigenvalue weighted by Gasteiger charge is 2.44. The lowest BCUT2D eigenvalue weighted by molar-refractivity contribution is -0.156. The molecular formula is C15H19NO5. The largest absolute Gasteiger partial charge is 0.480 e. The molecule has 0 saturated carbocycles. The third kappa shape index (κ3) is 3.52. The summed E-state index contributed by atoms with van der Waals surface area (Å²) < 4.78 is 10.5. The predicted octanol–water partition coefficient (Wildman–Crippen LogP) is 1.89. The van der Waals surface area contributed by atoms with Crippen molar-refractivity contribution in [1.29, 1.82) is 0 Å². The molecule has 0 aromatic heterocycles. The van der Waals surface area contributed by atoms with Crippen LogP contribution in [-0.2, 0) is 20.9 Å². The molecule has 1 aromatic rings. The molecular weight excluding hydrogens is 274 g/mol. The molecule has 1 atom stereocenters. The van der Waals surface area contributed by atoms with Gasteiger partial charge in [-0.2, -0.15) is 0 Å². The first-order valence-corrected chi connectivity index (χ1v) is 6.72. The number of carbonyl (C=O) groups excluding carboxylic acids is 1. The van der Waals surface area contributed by atoms with E-state index in [0.29, 0.717) is 0 Å². The third-order valence-corrected chi connectivity index (χ3v) is 3.38. The smallest absolute Gasteiger partial charge is 0.411 e. The lowest BCUT2D eigenvalue weighted by atomic mass is 10.00. The first-order valence-electron chi connectivity index (χ1n) is 6.72. The van der Waals surface area contributed by atoms with Crippen molar-refractivity contribution in [3.05, 3.63) is 35.9 Å². The summed E-state index contributed by atoms with van der Waals surface area (Å²) in [7, 11) is 0. The first-order chi connectivity index (χ1) is 9.92. The number of carboxylic acid groups (broad SMARTS) is 1. The molecule has 114 valence electrons. The molecule has 6 nitrogen and oxygen atoms in total. The van der Waals surface area contributed by atoms with Crippen molar-refractivity contribution in [2.45, 2.75) is 32.0 Å². The van der Waals surface area contributed by atoms with E-state index in [1.807, 2.05) is 30.3 Å². The van der Waals surface area contributed by atoms with E-state index in [1.54, 1.807) is 13.8 Å². The van der Waals surface area contributed by atoms with E-state index < -0.39 is 23.6 Å². The molecule has 1 heterocycles. The molecule has 1 aliphatic heterocycles. The summed E-state index contributed by atoms with van der Waals surface area (Å²) in [5.41, 5.74) is 0.124. The molecule has 0 aliphatic carbocycles. The minimum Gasteiger partial charge on any atom is -0.480 e. The Bertz CT molecular complexity index is 514. The molecule has 2 rings (SSSR count). The van der Waals surface area contributed by atoms with Crippen LogP contribution in [0.15, 0.2) is 30.3 Å². The maximum atomic E-state index is 12.3. The van der Waals surface area contributed by atoms with Crippen LogP contribution in [0.4, 0.5) is 4.79 Å². The van der Waals surface area contributed by atoms with Gasteiger partial charge in [-0.25, -0.2) is 9.59 Å². The van der Waals surface area contributed by atoms with E-state index >= 15 is 0 Å². The van der Waals surface area contributed by atoms with Gasteiger partial charge in [0, 0.05) is 0 Å². The summed E-state index contributed by atoms with van der Waals surface area (Å²) >= 11 is 0. The number of hydrogen-bond donors (Lipinski definition) is 1. The first kappa shape index (κ1) is 15.3. The number of nitrogens with zero attached hydrogens (tertiary/aromatic N) is 1. The second-order valence-electron chi connectivity index (χ2n) is 5.59. The third-order valence-electron chi connectivity index (χ3n) is 3.38. The number of hydrogen-bond acceptors (Lipinski definition) is 4. The zero-order valence-electron chi connectivity index (χ0n) is 12.1. The number of rotatable bonds is 3. The van der Waals surface area contributed by atoms with Crippen molar-refractivity contribution in [2.24, 2.45) is 0 Å². The van der Waals surface area contributed by atoms with E-state index in [2.05, 4.69) is 0 Å². The predicted molar refractivity (Wildman–Crippen MR) is 74.8 cm³/mol. The van der Waals surface area contributed by atoms with Gasteiger partial charge in [0.1, 0.15) is 6.61 Å². The average molecular weight is 293 g/mol. The maximum Gasteiger partial charge on any atom is 0.411 e. The van der Waals surface area contributed by atoms with Crippen molar-refractivity contribution in [3.8, 4) is 0 Å². The van der Waals surface area contributed by atoms with E-state index in [1.165, 1.54) is 4.90 Å². The zero-order valence-corrected chi connectivity index (χ0v) is 12.1. The zero-order chi connectivity index (χ0) is 15.5. The van der Waals surface area contributed by atoms with Crippen LogP contribution in [0.2, 0.25) is 0 Å². The van der Waals surface area contributed by atoms with Crippen molar-refractivity contribution in [3.63, 3.8) is 0 Å². The van der Waals surface area contributed by atoms with E-state index in [0.717, 1.165) is 5.56 Å². The maximum absolute atomic E-state index is 12.3. The molecule has 0 spiro atoms. The Morgan fingerprint density at radius 3 is 2.67 bits per heavy atom. The molecule has 6 heteroatoms. The minimum atomic E-state index is -1.10. The Labute approximate surface area is 123 Å². The van der Waals surface area contributed by atoms with Gasteiger partial charge in [-0.15, -0.1) is 0 Å². The fourth-order valence-electron chi connectivity index (χ4n) is 2.33. The van der Waals surface area contributed by atoms with Crippen LogP contribution in [0.3, 0.4) is 0 Å². The van der Waals surface area contributed by atoms with Crippen molar-refractivity contribution in [2.75, 3.05) is 13.2 Å². The Kier molecular flexibility index (Phi) is 4.47. The Morgan fingerprint density at radius 1 is 1.38 bits per heavy atom. The number of morpholine rings is 1. The number of benzene rings is 1. The topological polar surface area (TPSA) is 76.1 Å². The summed E-state index contributed by atoms with van der Waals surface area (Å²) in [6.45, 7) is 3.87. The summed E-state index contributed by atoms with van der Waals surface area (Å²) in [5.74, 6) is -1.10. The molecule has 0 bridgehead atoms. The Balaban J connectivity index is 2.08. The molecule has 1 unspecified atom stereocenters. The lowest BCUT2D eigenvalue weighted by Gasteiger charge is -2.44. The van der Waals surface area contributed by atoms with Crippen LogP contribution in [0.25, 0.3) is 0 Å². The van der Waals surface area contributed by atoms with Gasteiger partial charge in [0.2, 0.25) is 0 Å². The highest BCUT2D eigenvalue weighted by Crippen LogP contribution is 2.25. The number of carbonyl (C=O) groups is 2. The van der Waals surface area contributed by atoms with Gasteiger partial charge in [-0.05, 0) is 19.4 Å². The molecule has 1 aromatic carbocycles. The second kappa shape index (κ2) is 6.13. The summed E-state index contributed by atoms with van der Waals surface area (Å²) in [6.07, 6.45) is -0.639. The van der Waals surface area contributed by atoms with Crippen molar-refractivity contribution < 1.29 is 24.2 Å². The number of aliphatic carboxylic acids is 1. The van der Waals surface area contributed by atoms with Crippen LogP contribution in [0.1, 0.15) is 19.4 Å². The van der Waals surface area contributed by atoms with Crippen molar-refractivity contribution >= 4 is 12.1 Å². The van der Waals surface area contributed by atoms with Gasteiger partial charge >= 0.3 is 12.1 Å². The highest BCUT2D eigenvalue weighted by atomic mass is 16.6. The normalized spacial score (nSPS) is 20.9. The molecule has 21 heavy (non-hydrogen) atoms. The molecule has 1 fully saturated rings. The summed E-state index contributed by atoms with van der Waals surface area (Å²) in [4.78, 5) is 24.8. The SMILES string of the molecule is CC1(C)COCC(C(=O)O)N1C(=O)OCc1ccccc1. The fraction of sp³-hybridized carbons (Fsp3) is 0.467. The minimum absolute atomic E-state index is 0.0286. The van der Waals surface area contributed by atoms with Gasteiger partial charge in [0.25, 0.3) is 0 Å². The van der Waals surface area contributed by atoms with Crippen LogP contribution < -0.4 is 0 Å². The van der Waals surface area contributed by atoms with Gasteiger partial charge in [0.05, 0.1) is 18.8 Å². The van der Waals surface area contributed by atoms with Crippen molar-refractivity contribution in [1.82, 2.24) is 4.90 Å². The molecule has 1 N–H and O–H groups in total. The van der Waals surface area contributed by atoms with E-state index in [9.17, 15) is 14.7 Å². The van der Waals surface area contributed by atoms with Crippen LogP contribution >= 0.6 is 0 Å². The van der Waals surface area contributed by atoms with E-state index in [4.69, 9.17) is 9.47 Å². The standard InChI is InChI=1S/C15H19NO5/c1-15(2)10-20-9-12(13(17)18)16(15)14(19)21-8-11-6-4-3-5-7-11/h3-7,12H,8-10H2,1-2H3,(H,17,18). The summed E-state index contributed by atoms with van der Waals surface area (Å²) in [5, 5.41) is 9.25. The molecule has 1 amide bonds. The quantitative estimate of drug-likeness (QED) is 0.921. The van der Waals surface area contributed by atoms with Crippen LogP contribution in [-0.4, -0.2) is 46.9 Å². The lowest BCUT2D eigenvalue weighted by Crippen LogP contribution is -2.63. The highest BCUT2D eigenvalue weighted by molar-refractivity contribution is 5.81. The molecule has 1 saturated heterocycles.